The Labute approximate surface area is 298 Å². The first-order valence-electron chi connectivity index (χ1n) is 16.5. The standard InChI is InChI=1S/C38H44N6O6S/c39-23-30-11-4-10-29(19-30)20-32(37(47)42-24-28-15-17-33(18-16-28)43-38(40)41)22-36(46)35(14-6-9-27-7-2-1-3-8-27)44-51(48,49)25-31-12-5-13-34(21-31)50-26-45/h1-5,7-8,10-13,15-19,21,26,32,35,44H,6,9,14,20,22-25,39H2,(H,42,47)(H4,40,41,43)/t32-,35-/m1/s1. The molecule has 0 radical (unpaired) electrons. The fourth-order valence-electron chi connectivity index (χ4n) is 5.66. The predicted octanol–water partition coefficient (Wildman–Crippen LogP) is 3.53. The number of carbonyl (C=O) groups excluding carboxylic acids is 3. The molecule has 0 fully saturated rings. The second kappa shape index (κ2) is 19.1. The third kappa shape index (κ3) is 13.1. The number of nitrogens with one attached hydrogen (secondary N) is 2. The molecule has 0 bridgehead atoms. The molecule has 0 spiro atoms. The summed E-state index contributed by atoms with van der Waals surface area (Å²) >= 11 is 0. The highest BCUT2D eigenvalue weighted by Gasteiger charge is 2.30. The third-order valence-electron chi connectivity index (χ3n) is 8.14. The van der Waals surface area contributed by atoms with Crippen molar-refractivity contribution in [3.8, 4) is 5.75 Å². The largest absolute Gasteiger partial charge is 0.429 e. The van der Waals surface area contributed by atoms with Crippen LogP contribution in [0.5, 0.6) is 5.75 Å². The molecule has 0 aliphatic rings. The molecule has 0 saturated heterocycles. The molecule has 2 atom stereocenters. The monoisotopic (exact) mass is 712 g/mol. The predicted molar refractivity (Wildman–Crippen MR) is 197 cm³/mol. The molecule has 268 valence electrons. The highest BCUT2D eigenvalue weighted by molar-refractivity contribution is 7.88. The second-order valence-electron chi connectivity index (χ2n) is 12.2. The Bertz CT molecular complexity index is 1900. The number of carbonyl (C=O) groups is 3. The number of Topliss-reactive ketones (excluding diaryl/α,β-unsaturated/α-hetero) is 1. The van der Waals surface area contributed by atoms with Gasteiger partial charge in [-0.15, -0.1) is 0 Å². The quantitative estimate of drug-likeness (QED) is 0.0515. The summed E-state index contributed by atoms with van der Waals surface area (Å²) in [6.45, 7) is 0.764. The van der Waals surface area contributed by atoms with Gasteiger partial charge in [0.05, 0.1) is 17.5 Å². The molecular formula is C38H44N6O6S. The van der Waals surface area contributed by atoms with Crippen LogP contribution in [0.1, 0.15) is 47.1 Å². The van der Waals surface area contributed by atoms with Gasteiger partial charge in [-0.25, -0.2) is 18.1 Å². The van der Waals surface area contributed by atoms with Gasteiger partial charge in [-0.1, -0.05) is 78.9 Å². The molecule has 12 nitrogen and oxygen atoms in total. The number of ether oxygens (including phenoxy) is 1. The number of ketones is 1. The van der Waals surface area contributed by atoms with Crippen LogP contribution in [0.25, 0.3) is 0 Å². The van der Waals surface area contributed by atoms with Gasteiger partial charge >= 0.3 is 0 Å². The van der Waals surface area contributed by atoms with Crippen LogP contribution in [-0.2, 0) is 56.1 Å². The maximum atomic E-state index is 14.1. The first-order valence-corrected chi connectivity index (χ1v) is 18.2. The van der Waals surface area contributed by atoms with Gasteiger partial charge in [0.25, 0.3) is 6.47 Å². The fraction of sp³-hybridized carbons (Fsp3) is 0.263. The summed E-state index contributed by atoms with van der Waals surface area (Å²) in [7, 11) is -4.04. The van der Waals surface area contributed by atoms with E-state index in [0.717, 1.165) is 22.3 Å². The SMILES string of the molecule is NCc1cccc(C[C@H](CC(=O)[C@@H](CCCc2ccccc2)NS(=O)(=O)Cc2cccc(OC=O)c2)C(=O)NCc2ccc(N=C(N)N)cc2)c1. The number of hydrogen-bond donors (Lipinski definition) is 5. The molecule has 0 heterocycles. The molecule has 4 rings (SSSR count). The Hall–Kier alpha value is -5.37. The van der Waals surface area contributed by atoms with Gasteiger partial charge in [0.1, 0.15) is 5.75 Å². The average molecular weight is 713 g/mol. The highest BCUT2D eigenvalue weighted by Crippen LogP contribution is 2.20. The number of nitrogens with zero attached hydrogens (tertiary/aromatic N) is 1. The summed E-state index contributed by atoms with van der Waals surface area (Å²) < 4.78 is 34.4. The van der Waals surface area contributed by atoms with Crippen LogP contribution in [0.15, 0.2) is 108 Å². The van der Waals surface area contributed by atoms with E-state index in [2.05, 4.69) is 15.0 Å². The molecule has 13 heteroatoms. The number of rotatable bonds is 20. The Kier molecular flexibility index (Phi) is 14.4. The van der Waals surface area contributed by atoms with Crippen molar-refractivity contribution in [1.82, 2.24) is 10.0 Å². The van der Waals surface area contributed by atoms with E-state index < -0.39 is 33.5 Å². The van der Waals surface area contributed by atoms with Crippen LogP contribution in [-0.4, -0.2) is 38.6 Å². The van der Waals surface area contributed by atoms with Crippen LogP contribution in [0.4, 0.5) is 5.69 Å². The minimum absolute atomic E-state index is 0.0682. The summed E-state index contributed by atoms with van der Waals surface area (Å²) in [6, 6.07) is 29.3. The van der Waals surface area contributed by atoms with E-state index >= 15 is 0 Å². The van der Waals surface area contributed by atoms with E-state index in [-0.39, 0.29) is 49.9 Å². The van der Waals surface area contributed by atoms with Gasteiger partial charge in [-0.2, -0.15) is 0 Å². The number of amides is 1. The van der Waals surface area contributed by atoms with Crippen LogP contribution >= 0.6 is 0 Å². The summed E-state index contributed by atoms with van der Waals surface area (Å²) in [6.07, 6.45) is 1.41. The number of aliphatic imine (C=N–C) groups is 1. The van der Waals surface area contributed by atoms with Crippen molar-refractivity contribution in [2.45, 2.75) is 57.0 Å². The zero-order chi connectivity index (χ0) is 36.6. The molecule has 0 aliphatic heterocycles. The normalized spacial score (nSPS) is 12.3. The summed E-state index contributed by atoms with van der Waals surface area (Å²) in [5.41, 5.74) is 21.3. The van der Waals surface area contributed by atoms with Crippen LogP contribution in [0.3, 0.4) is 0 Å². The lowest BCUT2D eigenvalue weighted by molar-refractivity contribution is -0.130. The molecule has 0 aromatic heterocycles. The van der Waals surface area contributed by atoms with E-state index in [0.29, 0.717) is 30.6 Å². The van der Waals surface area contributed by atoms with Crippen LogP contribution in [0.2, 0.25) is 0 Å². The Morgan fingerprint density at radius 1 is 0.824 bits per heavy atom. The molecule has 51 heavy (non-hydrogen) atoms. The molecule has 0 aliphatic carbocycles. The Balaban J connectivity index is 1.54. The maximum absolute atomic E-state index is 14.1. The van der Waals surface area contributed by atoms with E-state index in [9.17, 15) is 22.8 Å². The summed E-state index contributed by atoms with van der Waals surface area (Å²) in [5, 5.41) is 2.94. The zero-order valence-electron chi connectivity index (χ0n) is 28.2. The summed E-state index contributed by atoms with van der Waals surface area (Å²) in [4.78, 5) is 42.6. The molecule has 0 unspecified atom stereocenters. The van der Waals surface area contributed by atoms with Crippen molar-refractivity contribution in [2.24, 2.45) is 28.1 Å². The molecule has 8 N–H and O–H groups in total. The number of guanidine groups is 1. The van der Waals surface area contributed by atoms with Gasteiger partial charge in [-0.05, 0) is 77.8 Å². The zero-order valence-corrected chi connectivity index (χ0v) is 29.1. The fourth-order valence-corrected chi connectivity index (χ4v) is 7.05. The van der Waals surface area contributed by atoms with E-state index in [4.69, 9.17) is 21.9 Å². The minimum atomic E-state index is -4.04. The lowest BCUT2D eigenvalue weighted by atomic mass is 9.89. The lowest BCUT2D eigenvalue weighted by Crippen LogP contribution is -2.43. The lowest BCUT2D eigenvalue weighted by Gasteiger charge is -2.22. The van der Waals surface area contributed by atoms with Crippen molar-refractivity contribution < 1.29 is 27.5 Å². The van der Waals surface area contributed by atoms with Crippen LogP contribution < -0.4 is 32.0 Å². The molecule has 4 aromatic carbocycles. The number of hydrogen-bond acceptors (Lipinski definition) is 8. The van der Waals surface area contributed by atoms with Crippen molar-refractivity contribution in [2.75, 3.05) is 0 Å². The molecule has 4 aromatic rings. The highest BCUT2D eigenvalue weighted by atomic mass is 32.2. The molecule has 1 amide bonds. The average Bonchev–Trinajstić information content (AvgIpc) is 3.11. The van der Waals surface area contributed by atoms with Gasteiger partial charge < -0.3 is 27.3 Å². The molecule has 0 saturated carbocycles. The number of nitrogens with two attached hydrogens (primary N) is 3. The van der Waals surface area contributed by atoms with E-state index in [1.54, 1.807) is 36.4 Å². The Morgan fingerprint density at radius 3 is 2.22 bits per heavy atom. The number of sulfonamides is 1. The minimum Gasteiger partial charge on any atom is -0.429 e. The van der Waals surface area contributed by atoms with E-state index in [1.165, 1.54) is 12.1 Å². The maximum Gasteiger partial charge on any atom is 0.298 e. The number of aryl methyl sites for hydroxylation is 1. The molecular weight excluding hydrogens is 669 g/mol. The van der Waals surface area contributed by atoms with Crippen molar-refractivity contribution in [3.05, 3.63) is 131 Å². The van der Waals surface area contributed by atoms with Crippen molar-refractivity contribution in [1.29, 1.82) is 0 Å². The Morgan fingerprint density at radius 2 is 1.51 bits per heavy atom. The number of benzene rings is 4. The third-order valence-corrected chi connectivity index (χ3v) is 9.50. The second-order valence-corrected chi connectivity index (χ2v) is 13.9. The van der Waals surface area contributed by atoms with Crippen molar-refractivity contribution in [3.63, 3.8) is 0 Å². The topological polar surface area (TPSA) is 209 Å². The van der Waals surface area contributed by atoms with Gasteiger partial charge in [0, 0.05) is 25.4 Å². The summed E-state index contributed by atoms with van der Waals surface area (Å²) in [5.74, 6) is -1.87. The first-order chi connectivity index (χ1) is 24.5. The van der Waals surface area contributed by atoms with E-state index in [1.807, 2.05) is 54.6 Å². The van der Waals surface area contributed by atoms with Gasteiger partial charge in [-0.3, -0.25) is 14.4 Å². The van der Waals surface area contributed by atoms with Crippen LogP contribution in [0, 0.1) is 5.92 Å². The van der Waals surface area contributed by atoms with Gasteiger partial charge in [0.2, 0.25) is 15.9 Å². The van der Waals surface area contributed by atoms with Gasteiger partial charge in [0.15, 0.2) is 11.7 Å². The first kappa shape index (κ1) is 38.4. The smallest absolute Gasteiger partial charge is 0.298 e. The van der Waals surface area contributed by atoms with Crippen molar-refractivity contribution >= 4 is 39.8 Å².